The molecule has 0 radical (unpaired) electrons. The van der Waals surface area contributed by atoms with Crippen molar-refractivity contribution in [3.8, 4) is 0 Å². The van der Waals surface area contributed by atoms with Crippen LogP contribution in [0.1, 0.15) is 62.0 Å². The van der Waals surface area contributed by atoms with Gasteiger partial charge in [0.2, 0.25) is 11.8 Å². The third kappa shape index (κ3) is 7.64. The molecule has 0 spiro atoms. The zero-order valence-electron chi connectivity index (χ0n) is 18.6. The summed E-state index contributed by atoms with van der Waals surface area (Å²) in [5, 5.41) is 6.97. The molecule has 1 N–H and O–H groups in total. The number of rotatable bonds is 10. The molecule has 6 heteroatoms. The number of carbonyl (C=O) groups excluding carboxylic acids is 1. The standard InChI is InChI=1S/C25H31N3O3/c1-25(2,3)24-27-23(31-28-24)11-7-10-22(29)26-16-19-12-14-21(15-13-19)18-30-17-20-8-5-4-6-9-20/h4-6,8-9,12-15H,7,10-11,16-18H2,1-3H3,(H,26,29). The molecule has 0 fully saturated rings. The minimum atomic E-state index is -0.136. The number of hydrogen-bond acceptors (Lipinski definition) is 5. The number of hydrogen-bond donors (Lipinski definition) is 1. The van der Waals surface area contributed by atoms with E-state index < -0.39 is 0 Å². The molecule has 0 saturated heterocycles. The first-order chi connectivity index (χ1) is 14.9. The molecule has 164 valence electrons. The van der Waals surface area contributed by atoms with Crippen molar-refractivity contribution in [3.63, 3.8) is 0 Å². The number of aryl methyl sites for hydroxylation is 1. The van der Waals surface area contributed by atoms with Crippen LogP contribution in [0.5, 0.6) is 0 Å². The lowest BCUT2D eigenvalue weighted by molar-refractivity contribution is -0.121. The van der Waals surface area contributed by atoms with Gasteiger partial charge >= 0.3 is 0 Å². The lowest BCUT2D eigenvalue weighted by Crippen LogP contribution is -2.22. The van der Waals surface area contributed by atoms with E-state index in [0.717, 1.165) is 16.7 Å². The number of carbonyl (C=O) groups is 1. The molecule has 0 aliphatic carbocycles. The van der Waals surface area contributed by atoms with E-state index in [9.17, 15) is 4.79 Å². The first-order valence-electron chi connectivity index (χ1n) is 10.7. The number of nitrogens with one attached hydrogen (secondary N) is 1. The smallest absolute Gasteiger partial charge is 0.226 e. The van der Waals surface area contributed by atoms with Gasteiger partial charge in [0.1, 0.15) is 0 Å². The lowest BCUT2D eigenvalue weighted by Gasteiger charge is -2.10. The Balaban J connectivity index is 1.33. The molecule has 0 atom stereocenters. The van der Waals surface area contributed by atoms with Crippen LogP contribution in [0.2, 0.25) is 0 Å². The van der Waals surface area contributed by atoms with Crippen LogP contribution in [0.3, 0.4) is 0 Å². The van der Waals surface area contributed by atoms with Crippen LogP contribution >= 0.6 is 0 Å². The lowest BCUT2D eigenvalue weighted by atomic mass is 9.96. The summed E-state index contributed by atoms with van der Waals surface area (Å²) in [4.78, 5) is 16.5. The summed E-state index contributed by atoms with van der Waals surface area (Å²) in [5.74, 6) is 1.30. The fraction of sp³-hybridized carbons (Fsp3) is 0.400. The number of aromatic nitrogens is 2. The number of ether oxygens (including phenoxy) is 1. The maximum absolute atomic E-state index is 12.1. The van der Waals surface area contributed by atoms with Crippen molar-refractivity contribution in [2.75, 3.05) is 0 Å². The number of amides is 1. The van der Waals surface area contributed by atoms with Gasteiger partial charge < -0.3 is 14.6 Å². The largest absolute Gasteiger partial charge is 0.372 e. The van der Waals surface area contributed by atoms with Crippen LogP contribution in [0.4, 0.5) is 0 Å². The third-order valence-electron chi connectivity index (χ3n) is 4.83. The Morgan fingerprint density at radius 1 is 0.968 bits per heavy atom. The Morgan fingerprint density at radius 2 is 1.61 bits per heavy atom. The van der Waals surface area contributed by atoms with Crippen molar-refractivity contribution >= 4 is 5.91 Å². The van der Waals surface area contributed by atoms with Crippen LogP contribution in [0, 0.1) is 0 Å². The highest BCUT2D eigenvalue weighted by atomic mass is 16.5. The van der Waals surface area contributed by atoms with Gasteiger partial charge in [-0.2, -0.15) is 4.98 Å². The number of benzene rings is 2. The van der Waals surface area contributed by atoms with E-state index >= 15 is 0 Å². The minimum absolute atomic E-state index is 0.0193. The molecule has 31 heavy (non-hydrogen) atoms. The van der Waals surface area contributed by atoms with Gasteiger partial charge in [-0.3, -0.25) is 4.79 Å². The SMILES string of the molecule is CC(C)(C)c1noc(CCCC(=O)NCc2ccc(COCc3ccccc3)cc2)n1. The monoisotopic (exact) mass is 421 g/mol. The van der Waals surface area contributed by atoms with Crippen LogP contribution < -0.4 is 5.32 Å². The topological polar surface area (TPSA) is 77.2 Å². The summed E-state index contributed by atoms with van der Waals surface area (Å²) in [6.07, 6.45) is 1.71. The second kappa shape index (κ2) is 10.9. The van der Waals surface area contributed by atoms with Gasteiger partial charge in [0.05, 0.1) is 13.2 Å². The molecule has 3 rings (SSSR count). The van der Waals surface area contributed by atoms with Crippen LogP contribution in [0.25, 0.3) is 0 Å². The summed E-state index contributed by atoms with van der Waals surface area (Å²) in [6, 6.07) is 18.2. The first-order valence-corrected chi connectivity index (χ1v) is 10.7. The maximum Gasteiger partial charge on any atom is 0.226 e. The molecule has 0 aliphatic rings. The predicted octanol–water partition coefficient (Wildman–Crippen LogP) is 4.72. The highest BCUT2D eigenvalue weighted by Gasteiger charge is 2.20. The minimum Gasteiger partial charge on any atom is -0.372 e. The highest BCUT2D eigenvalue weighted by molar-refractivity contribution is 5.75. The van der Waals surface area contributed by atoms with E-state index in [2.05, 4.69) is 27.6 Å². The summed E-state index contributed by atoms with van der Waals surface area (Å²) in [7, 11) is 0. The fourth-order valence-corrected chi connectivity index (χ4v) is 2.96. The van der Waals surface area contributed by atoms with Crippen LogP contribution in [-0.2, 0) is 41.1 Å². The van der Waals surface area contributed by atoms with Crippen molar-refractivity contribution in [1.29, 1.82) is 0 Å². The third-order valence-corrected chi connectivity index (χ3v) is 4.83. The van der Waals surface area contributed by atoms with Crippen molar-refractivity contribution in [3.05, 3.63) is 83.0 Å². The van der Waals surface area contributed by atoms with Gasteiger partial charge in [-0.05, 0) is 23.1 Å². The summed E-state index contributed by atoms with van der Waals surface area (Å²) in [6.45, 7) is 7.80. The van der Waals surface area contributed by atoms with Crippen LogP contribution in [0.15, 0.2) is 59.1 Å². The molecular weight excluding hydrogens is 390 g/mol. The molecule has 0 aliphatic heterocycles. The summed E-state index contributed by atoms with van der Waals surface area (Å²) < 4.78 is 11.0. The van der Waals surface area contributed by atoms with E-state index in [1.807, 2.05) is 63.2 Å². The van der Waals surface area contributed by atoms with Crippen molar-refractivity contribution < 1.29 is 14.1 Å². The van der Waals surface area contributed by atoms with Gasteiger partial charge in [0.15, 0.2) is 5.82 Å². The first kappa shape index (κ1) is 22.7. The molecule has 6 nitrogen and oxygen atoms in total. The maximum atomic E-state index is 12.1. The summed E-state index contributed by atoms with van der Waals surface area (Å²) >= 11 is 0. The Kier molecular flexibility index (Phi) is 7.95. The van der Waals surface area contributed by atoms with E-state index in [1.54, 1.807) is 0 Å². The Labute approximate surface area is 184 Å². The predicted molar refractivity (Wildman–Crippen MR) is 119 cm³/mol. The van der Waals surface area contributed by atoms with Crippen molar-refractivity contribution in [2.45, 2.75) is 65.2 Å². The fourth-order valence-electron chi connectivity index (χ4n) is 2.96. The molecule has 3 aromatic rings. The summed E-state index contributed by atoms with van der Waals surface area (Å²) in [5.41, 5.74) is 3.20. The Bertz CT molecular complexity index is 944. The second-order valence-corrected chi connectivity index (χ2v) is 8.69. The molecule has 1 amide bonds. The van der Waals surface area contributed by atoms with Gasteiger partial charge in [-0.1, -0.05) is 80.5 Å². The quantitative estimate of drug-likeness (QED) is 0.512. The highest BCUT2D eigenvalue weighted by Crippen LogP contribution is 2.19. The van der Waals surface area contributed by atoms with E-state index in [4.69, 9.17) is 9.26 Å². The Morgan fingerprint density at radius 3 is 2.26 bits per heavy atom. The zero-order chi connectivity index (χ0) is 22.1. The molecule has 1 aromatic heterocycles. The van der Waals surface area contributed by atoms with Crippen LogP contribution in [-0.4, -0.2) is 16.0 Å². The van der Waals surface area contributed by atoms with Gasteiger partial charge in [0, 0.05) is 24.8 Å². The van der Waals surface area contributed by atoms with E-state index in [-0.39, 0.29) is 11.3 Å². The number of nitrogens with zero attached hydrogens (tertiary/aromatic N) is 2. The molecule has 1 heterocycles. The molecule has 0 unspecified atom stereocenters. The average molecular weight is 422 g/mol. The Hall–Kier alpha value is -2.99. The normalized spacial score (nSPS) is 11.5. The molecule has 0 bridgehead atoms. The molecule has 0 saturated carbocycles. The second-order valence-electron chi connectivity index (χ2n) is 8.69. The molecule has 2 aromatic carbocycles. The van der Waals surface area contributed by atoms with E-state index in [1.165, 1.54) is 0 Å². The molecular formula is C25H31N3O3. The van der Waals surface area contributed by atoms with Gasteiger partial charge in [-0.25, -0.2) is 0 Å². The van der Waals surface area contributed by atoms with E-state index in [0.29, 0.717) is 50.7 Å². The van der Waals surface area contributed by atoms with Crippen molar-refractivity contribution in [2.24, 2.45) is 0 Å². The van der Waals surface area contributed by atoms with Crippen molar-refractivity contribution in [1.82, 2.24) is 15.5 Å². The van der Waals surface area contributed by atoms with Gasteiger partial charge in [0.25, 0.3) is 0 Å². The van der Waals surface area contributed by atoms with Gasteiger partial charge in [-0.15, -0.1) is 0 Å². The zero-order valence-corrected chi connectivity index (χ0v) is 18.6. The average Bonchev–Trinajstić information content (AvgIpc) is 3.24.